The second-order valence-corrected chi connectivity index (χ2v) is 5.32. The molecule has 0 heterocycles. The Morgan fingerprint density at radius 1 is 1.23 bits per heavy atom. The molecule has 7 heteroatoms. The van der Waals surface area contributed by atoms with Gasteiger partial charge in [-0.3, -0.25) is 14.9 Å². The Bertz CT molecular complexity index is 636. The lowest BCUT2D eigenvalue weighted by molar-refractivity contribution is -0.384. The maximum Gasteiger partial charge on any atom is 0.269 e. The molecule has 1 aromatic carbocycles. The standard InChI is InChI=1S/C15H16N2O5/c1-9-2-7-12(15(19)20)13(8-9)14(18)16-10-3-5-11(6-4-10)17(21)22/h2-6,12-13H,7-8H2,1H3,(H,16,18)(H,19,20)/p-1/t12-,13+/m0/s1. The first-order chi connectivity index (χ1) is 10.4. The fraction of sp³-hybridized carbons (Fsp3) is 0.333. The number of hydrogen-bond acceptors (Lipinski definition) is 5. The van der Waals surface area contributed by atoms with Crippen molar-refractivity contribution in [3.05, 3.63) is 46.0 Å². The van der Waals surface area contributed by atoms with Gasteiger partial charge in [0.2, 0.25) is 5.91 Å². The number of rotatable bonds is 4. The van der Waals surface area contributed by atoms with Gasteiger partial charge in [-0.15, -0.1) is 0 Å². The Hall–Kier alpha value is -2.70. The van der Waals surface area contributed by atoms with Crippen LogP contribution in [0.2, 0.25) is 0 Å². The van der Waals surface area contributed by atoms with Gasteiger partial charge in [0, 0.05) is 29.7 Å². The Labute approximate surface area is 126 Å². The third-order valence-corrected chi connectivity index (χ3v) is 3.73. The summed E-state index contributed by atoms with van der Waals surface area (Å²) >= 11 is 0. The lowest BCUT2D eigenvalue weighted by atomic mass is 9.79. The number of carbonyl (C=O) groups is 2. The Morgan fingerprint density at radius 3 is 2.41 bits per heavy atom. The average molecular weight is 303 g/mol. The van der Waals surface area contributed by atoms with Gasteiger partial charge >= 0.3 is 0 Å². The molecule has 0 saturated heterocycles. The number of aliphatic carboxylic acids is 1. The van der Waals surface area contributed by atoms with Crippen LogP contribution in [0.3, 0.4) is 0 Å². The van der Waals surface area contributed by atoms with E-state index in [0.717, 1.165) is 5.57 Å². The number of nitrogens with one attached hydrogen (secondary N) is 1. The van der Waals surface area contributed by atoms with Gasteiger partial charge in [0.1, 0.15) is 0 Å². The maximum atomic E-state index is 12.3. The predicted molar refractivity (Wildman–Crippen MR) is 76.7 cm³/mol. The van der Waals surface area contributed by atoms with E-state index in [-0.39, 0.29) is 12.1 Å². The van der Waals surface area contributed by atoms with Crippen molar-refractivity contribution < 1.29 is 19.6 Å². The number of carboxylic acids is 1. The zero-order valence-electron chi connectivity index (χ0n) is 11.9. The van der Waals surface area contributed by atoms with Crippen LogP contribution in [0.1, 0.15) is 19.8 Å². The minimum atomic E-state index is -1.24. The van der Waals surface area contributed by atoms with Crippen molar-refractivity contribution >= 4 is 23.3 Å². The molecule has 22 heavy (non-hydrogen) atoms. The molecule has 0 saturated carbocycles. The SMILES string of the molecule is CC1=CC[C@H](C(=O)[O-])[C@H](C(=O)Nc2ccc([N+](=O)[O-])cc2)C1. The van der Waals surface area contributed by atoms with Crippen LogP contribution in [-0.2, 0) is 9.59 Å². The molecular formula is C15H15N2O5-. The number of hydrogen-bond donors (Lipinski definition) is 1. The second kappa shape index (κ2) is 6.38. The summed E-state index contributed by atoms with van der Waals surface area (Å²) in [5.74, 6) is -3.23. The first-order valence-corrected chi connectivity index (χ1v) is 6.80. The molecule has 1 aliphatic rings. The highest BCUT2D eigenvalue weighted by Gasteiger charge is 2.31. The van der Waals surface area contributed by atoms with Crippen molar-refractivity contribution in [1.82, 2.24) is 0 Å². The van der Waals surface area contributed by atoms with Crippen molar-refractivity contribution in [3.8, 4) is 0 Å². The number of anilines is 1. The van der Waals surface area contributed by atoms with Crippen LogP contribution in [0.25, 0.3) is 0 Å². The van der Waals surface area contributed by atoms with Crippen molar-refractivity contribution in [1.29, 1.82) is 0 Å². The number of amides is 1. The van der Waals surface area contributed by atoms with Gasteiger partial charge in [-0.05, 0) is 31.9 Å². The molecule has 0 radical (unpaired) electrons. The van der Waals surface area contributed by atoms with Crippen molar-refractivity contribution in [3.63, 3.8) is 0 Å². The van der Waals surface area contributed by atoms with Crippen LogP contribution in [0.4, 0.5) is 11.4 Å². The van der Waals surface area contributed by atoms with E-state index in [2.05, 4.69) is 5.32 Å². The van der Waals surface area contributed by atoms with E-state index in [1.807, 2.05) is 6.92 Å². The van der Waals surface area contributed by atoms with Crippen LogP contribution in [0, 0.1) is 22.0 Å². The number of benzene rings is 1. The van der Waals surface area contributed by atoms with E-state index in [9.17, 15) is 24.8 Å². The summed E-state index contributed by atoms with van der Waals surface area (Å²) in [6, 6.07) is 5.38. The van der Waals surface area contributed by atoms with Crippen LogP contribution >= 0.6 is 0 Å². The summed E-state index contributed by atoms with van der Waals surface area (Å²) in [6.45, 7) is 1.84. The van der Waals surface area contributed by atoms with E-state index in [4.69, 9.17) is 0 Å². The molecule has 1 aromatic rings. The molecule has 0 bridgehead atoms. The summed E-state index contributed by atoms with van der Waals surface area (Å²) in [6.07, 6.45) is 2.43. The van der Waals surface area contributed by atoms with Crippen LogP contribution in [0.5, 0.6) is 0 Å². The van der Waals surface area contributed by atoms with E-state index in [1.165, 1.54) is 24.3 Å². The molecular weight excluding hydrogens is 288 g/mol. The molecule has 1 N–H and O–H groups in total. The van der Waals surface area contributed by atoms with Gasteiger partial charge in [0.05, 0.1) is 10.8 Å². The van der Waals surface area contributed by atoms with Crippen molar-refractivity contribution in [2.45, 2.75) is 19.8 Å². The smallest absolute Gasteiger partial charge is 0.269 e. The topological polar surface area (TPSA) is 112 Å². The Kier molecular flexibility index (Phi) is 4.55. The van der Waals surface area contributed by atoms with Gasteiger partial charge in [-0.25, -0.2) is 0 Å². The number of non-ortho nitro benzene ring substituents is 1. The molecule has 0 aromatic heterocycles. The third kappa shape index (κ3) is 3.49. The van der Waals surface area contributed by atoms with Crippen LogP contribution < -0.4 is 10.4 Å². The Balaban J connectivity index is 2.11. The third-order valence-electron chi connectivity index (χ3n) is 3.73. The van der Waals surface area contributed by atoms with E-state index < -0.39 is 28.6 Å². The number of allylic oxidation sites excluding steroid dienone is 2. The maximum absolute atomic E-state index is 12.3. The number of carbonyl (C=O) groups excluding carboxylic acids is 2. The fourth-order valence-corrected chi connectivity index (χ4v) is 2.50. The molecule has 2 atom stereocenters. The quantitative estimate of drug-likeness (QED) is 0.511. The zero-order chi connectivity index (χ0) is 16.3. The minimum absolute atomic E-state index is 0.0814. The lowest BCUT2D eigenvalue weighted by Crippen LogP contribution is -2.42. The molecule has 1 aliphatic carbocycles. The molecule has 0 fully saturated rings. The van der Waals surface area contributed by atoms with Gasteiger partial charge in [-0.1, -0.05) is 11.6 Å². The largest absolute Gasteiger partial charge is 0.550 e. The highest BCUT2D eigenvalue weighted by molar-refractivity contribution is 5.95. The molecule has 0 aliphatic heterocycles. The number of carboxylic acid groups (broad SMARTS) is 1. The van der Waals surface area contributed by atoms with Crippen LogP contribution in [0.15, 0.2) is 35.9 Å². The van der Waals surface area contributed by atoms with E-state index in [1.54, 1.807) is 6.08 Å². The molecule has 116 valence electrons. The highest BCUT2D eigenvalue weighted by Crippen LogP contribution is 2.30. The molecule has 0 spiro atoms. The first-order valence-electron chi connectivity index (χ1n) is 6.80. The zero-order valence-corrected chi connectivity index (χ0v) is 11.9. The fourth-order valence-electron chi connectivity index (χ4n) is 2.50. The number of nitro benzene ring substituents is 1. The minimum Gasteiger partial charge on any atom is -0.550 e. The summed E-state index contributed by atoms with van der Waals surface area (Å²) in [4.78, 5) is 33.5. The summed E-state index contributed by atoms with van der Waals surface area (Å²) in [7, 11) is 0. The summed E-state index contributed by atoms with van der Waals surface area (Å²) in [5.41, 5.74) is 1.27. The summed E-state index contributed by atoms with van der Waals surface area (Å²) in [5, 5.41) is 24.3. The van der Waals surface area contributed by atoms with Crippen molar-refractivity contribution in [2.75, 3.05) is 5.32 Å². The van der Waals surface area contributed by atoms with Gasteiger partial charge in [0.25, 0.3) is 5.69 Å². The van der Waals surface area contributed by atoms with Gasteiger partial charge in [0.15, 0.2) is 0 Å². The van der Waals surface area contributed by atoms with E-state index in [0.29, 0.717) is 12.1 Å². The summed E-state index contributed by atoms with van der Waals surface area (Å²) < 4.78 is 0. The molecule has 2 rings (SSSR count). The van der Waals surface area contributed by atoms with Gasteiger partial charge < -0.3 is 15.2 Å². The monoisotopic (exact) mass is 303 g/mol. The first kappa shape index (κ1) is 15.7. The van der Waals surface area contributed by atoms with E-state index >= 15 is 0 Å². The average Bonchev–Trinajstić information content (AvgIpc) is 2.47. The number of nitro groups is 1. The molecule has 0 unspecified atom stereocenters. The normalized spacial score (nSPS) is 20.9. The molecule has 1 amide bonds. The van der Waals surface area contributed by atoms with Gasteiger partial charge in [-0.2, -0.15) is 0 Å². The number of nitrogens with zero attached hydrogens (tertiary/aromatic N) is 1. The molecule has 7 nitrogen and oxygen atoms in total. The highest BCUT2D eigenvalue weighted by atomic mass is 16.6. The van der Waals surface area contributed by atoms with Crippen molar-refractivity contribution in [2.24, 2.45) is 11.8 Å². The predicted octanol–water partition coefficient (Wildman–Crippen LogP) is 1.26. The Morgan fingerprint density at radius 2 is 1.86 bits per heavy atom. The van der Waals surface area contributed by atoms with Crippen LogP contribution in [-0.4, -0.2) is 16.8 Å². The second-order valence-electron chi connectivity index (χ2n) is 5.32. The lowest BCUT2D eigenvalue weighted by Gasteiger charge is -2.30.